The maximum atomic E-state index is 11.9. The second-order valence-electron chi connectivity index (χ2n) is 3.79. The van der Waals surface area contributed by atoms with Crippen molar-refractivity contribution in [3.63, 3.8) is 0 Å². The number of aromatic nitrogens is 1. The van der Waals surface area contributed by atoms with Gasteiger partial charge in [0.05, 0.1) is 5.69 Å². The van der Waals surface area contributed by atoms with Gasteiger partial charge in [-0.15, -0.1) is 0 Å². The molecular weight excluding hydrogens is 242 g/mol. The van der Waals surface area contributed by atoms with Crippen LogP contribution in [-0.2, 0) is 4.79 Å². The van der Waals surface area contributed by atoms with Crippen LogP contribution in [0.15, 0.2) is 0 Å². The van der Waals surface area contributed by atoms with E-state index in [9.17, 15) is 9.59 Å². The van der Waals surface area contributed by atoms with E-state index in [-0.39, 0.29) is 23.9 Å². The van der Waals surface area contributed by atoms with Crippen molar-refractivity contribution in [1.82, 2.24) is 4.37 Å². The maximum absolute atomic E-state index is 11.9. The van der Waals surface area contributed by atoms with Gasteiger partial charge in [0.1, 0.15) is 10.6 Å². The first kappa shape index (κ1) is 13.6. The summed E-state index contributed by atoms with van der Waals surface area (Å²) in [7, 11) is 1.54. The summed E-state index contributed by atoms with van der Waals surface area (Å²) in [6.07, 6.45) is 0. The smallest absolute Gasteiger partial charge is 0.340 e. The summed E-state index contributed by atoms with van der Waals surface area (Å²) in [5.74, 6) is -1.63. The van der Waals surface area contributed by atoms with Crippen molar-refractivity contribution < 1.29 is 14.7 Å². The highest BCUT2D eigenvalue weighted by Gasteiger charge is 2.25. The van der Waals surface area contributed by atoms with E-state index in [0.717, 1.165) is 11.5 Å². The van der Waals surface area contributed by atoms with Gasteiger partial charge in [-0.05, 0) is 18.5 Å². The van der Waals surface area contributed by atoms with E-state index in [1.807, 2.05) is 0 Å². The van der Waals surface area contributed by atoms with Gasteiger partial charge in [-0.3, -0.25) is 4.79 Å². The summed E-state index contributed by atoms with van der Waals surface area (Å²) in [6.45, 7) is 3.53. The molecule has 3 N–H and O–H groups in total. The van der Waals surface area contributed by atoms with Gasteiger partial charge >= 0.3 is 5.97 Å². The van der Waals surface area contributed by atoms with Crippen molar-refractivity contribution in [3.8, 4) is 0 Å². The number of carbonyl (C=O) groups excluding carboxylic acids is 1. The van der Waals surface area contributed by atoms with Crippen LogP contribution >= 0.6 is 11.5 Å². The fraction of sp³-hybridized carbons (Fsp3) is 0.500. The van der Waals surface area contributed by atoms with Gasteiger partial charge < -0.3 is 15.7 Å². The van der Waals surface area contributed by atoms with Crippen LogP contribution in [0, 0.1) is 12.8 Å². The third-order valence-corrected chi connectivity index (χ3v) is 3.48. The lowest BCUT2D eigenvalue weighted by atomic mass is 10.1. The number of aromatic carboxylic acids is 1. The molecular formula is C10H15N3O3S. The summed E-state index contributed by atoms with van der Waals surface area (Å²) in [5, 5.41) is 9.41. The van der Waals surface area contributed by atoms with Crippen LogP contribution in [0.1, 0.15) is 23.0 Å². The molecule has 1 rings (SSSR count). The zero-order valence-corrected chi connectivity index (χ0v) is 10.7. The van der Waals surface area contributed by atoms with E-state index in [4.69, 9.17) is 10.8 Å². The van der Waals surface area contributed by atoms with Gasteiger partial charge in [-0.2, -0.15) is 4.37 Å². The normalized spacial score (nSPS) is 12.2. The van der Waals surface area contributed by atoms with E-state index in [1.165, 1.54) is 11.9 Å². The highest BCUT2D eigenvalue weighted by molar-refractivity contribution is 7.11. The van der Waals surface area contributed by atoms with Crippen LogP contribution in [0.4, 0.5) is 5.00 Å². The number of carboxylic acid groups (broad SMARTS) is 1. The third-order valence-electron chi connectivity index (χ3n) is 2.47. The molecule has 1 aromatic heterocycles. The minimum Gasteiger partial charge on any atom is -0.478 e. The molecule has 1 amide bonds. The predicted molar refractivity (Wildman–Crippen MR) is 65.4 cm³/mol. The standard InChI is InChI=1S/C10H15N3O3S/c1-5(4-11)8(14)13(3)9-7(10(15)16)6(2)12-17-9/h5H,4,11H2,1-3H3,(H,15,16). The summed E-state index contributed by atoms with van der Waals surface area (Å²) < 4.78 is 3.96. The molecule has 0 aliphatic heterocycles. The Morgan fingerprint density at radius 3 is 2.65 bits per heavy atom. The second kappa shape index (κ2) is 5.24. The van der Waals surface area contributed by atoms with Crippen molar-refractivity contribution in [1.29, 1.82) is 0 Å². The molecule has 1 aromatic rings. The highest BCUT2D eigenvalue weighted by atomic mass is 32.1. The van der Waals surface area contributed by atoms with Crippen molar-refractivity contribution in [2.45, 2.75) is 13.8 Å². The van der Waals surface area contributed by atoms with E-state index in [0.29, 0.717) is 10.7 Å². The first-order valence-electron chi connectivity index (χ1n) is 5.07. The third kappa shape index (κ3) is 2.62. The Hall–Kier alpha value is -1.47. The molecule has 0 fully saturated rings. The van der Waals surface area contributed by atoms with Crippen molar-refractivity contribution in [3.05, 3.63) is 11.3 Å². The van der Waals surface area contributed by atoms with Crippen LogP contribution in [0.2, 0.25) is 0 Å². The quantitative estimate of drug-likeness (QED) is 0.828. The van der Waals surface area contributed by atoms with Gasteiger partial charge in [0.25, 0.3) is 0 Å². The van der Waals surface area contributed by atoms with Gasteiger partial charge in [0.15, 0.2) is 0 Å². The molecule has 6 nitrogen and oxygen atoms in total. The second-order valence-corrected chi connectivity index (χ2v) is 4.54. The Morgan fingerprint density at radius 1 is 1.59 bits per heavy atom. The first-order valence-corrected chi connectivity index (χ1v) is 5.84. The van der Waals surface area contributed by atoms with E-state index >= 15 is 0 Å². The topological polar surface area (TPSA) is 96.5 Å². The SMILES string of the molecule is Cc1nsc(N(C)C(=O)C(C)CN)c1C(=O)O. The lowest BCUT2D eigenvalue weighted by molar-refractivity contribution is -0.121. The van der Waals surface area contributed by atoms with Gasteiger partial charge in [0, 0.05) is 19.5 Å². The Kier molecular flexibility index (Phi) is 4.19. The number of nitrogens with zero attached hydrogens (tertiary/aromatic N) is 2. The fourth-order valence-electron chi connectivity index (χ4n) is 1.36. The molecule has 0 aliphatic rings. The lowest BCUT2D eigenvalue weighted by Crippen LogP contribution is -2.35. The highest BCUT2D eigenvalue weighted by Crippen LogP contribution is 2.28. The molecule has 0 spiro atoms. The number of carboxylic acids is 1. The number of rotatable bonds is 4. The largest absolute Gasteiger partial charge is 0.478 e. The number of amides is 1. The summed E-state index contributed by atoms with van der Waals surface area (Å²) in [5.41, 5.74) is 5.91. The number of carbonyl (C=O) groups is 2. The minimum atomic E-state index is -1.08. The van der Waals surface area contributed by atoms with Crippen LogP contribution in [0.5, 0.6) is 0 Å². The summed E-state index contributed by atoms with van der Waals surface area (Å²) in [4.78, 5) is 24.3. The number of hydrogen-bond donors (Lipinski definition) is 2. The van der Waals surface area contributed by atoms with Crippen molar-refractivity contribution in [2.75, 3.05) is 18.5 Å². The van der Waals surface area contributed by atoms with E-state index in [2.05, 4.69) is 4.37 Å². The molecule has 0 aromatic carbocycles. The van der Waals surface area contributed by atoms with Crippen LogP contribution in [0.3, 0.4) is 0 Å². The molecule has 0 radical (unpaired) electrons. The predicted octanol–water partition coefficient (Wildman–Crippen LogP) is 0.707. The molecule has 1 atom stereocenters. The van der Waals surface area contributed by atoms with Gasteiger partial charge in [-0.25, -0.2) is 4.79 Å². The zero-order valence-electron chi connectivity index (χ0n) is 9.93. The van der Waals surface area contributed by atoms with E-state index in [1.54, 1.807) is 13.8 Å². The molecule has 0 saturated carbocycles. The van der Waals surface area contributed by atoms with Crippen LogP contribution in [0.25, 0.3) is 0 Å². The Labute approximate surface area is 103 Å². The number of nitrogens with two attached hydrogens (primary N) is 1. The van der Waals surface area contributed by atoms with Gasteiger partial charge in [-0.1, -0.05) is 6.92 Å². The number of anilines is 1. The average molecular weight is 257 g/mol. The minimum absolute atomic E-state index is 0.0788. The number of hydrogen-bond acceptors (Lipinski definition) is 5. The van der Waals surface area contributed by atoms with Crippen molar-refractivity contribution >= 4 is 28.4 Å². The number of aryl methyl sites for hydroxylation is 1. The monoisotopic (exact) mass is 257 g/mol. The zero-order chi connectivity index (χ0) is 13.2. The Bertz CT molecular complexity index is 444. The molecule has 0 aliphatic carbocycles. The first-order chi connectivity index (χ1) is 7.90. The average Bonchev–Trinajstić information content (AvgIpc) is 2.68. The lowest BCUT2D eigenvalue weighted by Gasteiger charge is -2.19. The molecule has 1 unspecified atom stereocenters. The molecule has 94 valence electrons. The summed E-state index contributed by atoms with van der Waals surface area (Å²) >= 11 is 1.00. The molecule has 0 bridgehead atoms. The van der Waals surface area contributed by atoms with Crippen molar-refractivity contribution in [2.24, 2.45) is 11.7 Å². The molecule has 7 heteroatoms. The summed E-state index contributed by atoms with van der Waals surface area (Å²) in [6, 6.07) is 0. The maximum Gasteiger partial charge on any atom is 0.340 e. The Morgan fingerprint density at radius 2 is 2.18 bits per heavy atom. The van der Waals surface area contributed by atoms with Gasteiger partial charge in [0.2, 0.25) is 5.91 Å². The van der Waals surface area contributed by atoms with Crippen LogP contribution in [-0.4, -0.2) is 34.9 Å². The van der Waals surface area contributed by atoms with E-state index < -0.39 is 5.97 Å². The molecule has 17 heavy (non-hydrogen) atoms. The van der Waals surface area contributed by atoms with Crippen LogP contribution < -0.4 is 10.6 Å². The Balaban J connectivity index is 3.09. The fourth-order valence-corrected chi connectivity index (χ4v) is 2.22. The molecule has 1 heterocycles. The molecule has 0 saturated heterocycles.